The second kappa shape index (κ2) is 8.34. The third-order valence-electron chi connectivity index (χ3n) is 7.15. The molecule has 2 saturated heterocycles. The lowest BCUT2D eigenvalue weighted by molar-refractivity contribution is -0.130. The van der Waals surface area contributed by atoms with Gasteiger partial charge in [-0.25, -0.2) is 4.79 Å². The predicted octanol–water partition coefficient (Wildman–Crippen LogP) is 3.62. The number of para-hydroxylation sites is 1. The average Bonchev–Trinajstić information content (AvgIpc) is 3.33. The van der Waals surface area contributed by atoms with Crippen LogP contribution in [0.15, 0.2) is 18.2 Å². The molecule has 29 heavy (non-hydrogen) atoms. The van der Waals surface area contributed by atoms with Gasteiger partial charge in [-0.2, -0.15) is 0 Å². The first-order valence-corrected chi connectivity index (χ1v) is 11.0. The monoisotopic (exact) mass is 399 g/mol. The molecule has 1 aromatic carbocycles. The van der Waals surface area contributed by atoms with Crippen molar-refractivity contribution in [3.63, 3.8) is 0 Å². The number of carbonyl (C=O) groups is 2. The number of ether oxygens (including phenoxy) is 1. The van der Waals surface area contributed by atoms with Gasteiger partial charge in [-0.1, -0.05) is 31.0 Å². The summed E-state index contributed by atoms with van der Waals surface area (Å²) in [6.07, 6.45) is 6.21. The van der Waals surface area contributed by atoms with Gasteiger partial charge in [0.15, 0.2) is 0 Å². The number of rotatable bonds is 3. The molecule has 3 amide bonds. The summed E-state index contributed by atoms with van der Waals surface area (Å²) in [5.41, 5.74) is 2.80. The maximum absolute atomic E-state index is 13.2. The molecule has 6 heteroatoms. The number of nitrogens with one attached hydrogen (secondary N) is 2. The van der Waals surface area contributed by atoms with Gasteiger partial charge in [-0.3, -0.25) is 4.79 Å². The van der Waals surface area contributed by atoms with Crippen LogP contribution in [0, 0.1) is 25.2 Å². The minimum absolute atomic E-state index is 0.107. The fraction of sp³-hybridized carbons (Fsp3) is 0.652. The number of likely N-dealkylation sites (tertiary alicyclic amines) is 1. The zero-order valence-corrected chi connectivity index (χ0v) is 17.6. The van der Waals surface area contributed by atoms with E-state index in [1.54, 1.807) is 0 Å². The standard InChI is InChI=1S/C23H33N3O3/c1-16-6-5-7-17(2)20(16)25-22(28)26-14-19(21(27)24-18-8-3-4-9-18)23(15-26)10-12-29-13-11-23/h5-7,18-19H,3-4,8-15H2,1-2H3,(H,24,27)(H,25,28). The Balaban J connectivity index is 1.50. The van der Waals surface area contributed by atoms with Crippen molar-refractivity contribution in [2.24, 2.45) is 11.3 Å². The zero-order valence-electron chi connectivity index (χ0n) is 17.6. The first kappa shape index (κ1) is 20.2. The minimum Gasteiger partial charge on any atom is -0.381 e. The van der Waals surface area contributed by atoms with E-state index in [-0.39, 0.29) is 23.3 Å². The van der Waals surface area contributed by atoms with E-state index < -0.39 is 0 Å². The molecule has 1 aliphatic carbocycles. The van der Waals surface area contributed by atoms with Gasteiger partial charge in [-0.05, 0) is 50.7 Å². The van der Waals surface area contributed by atoms with E-state index in [0.29, 0.717) is 32.3 Å². The molecule has 1 unspecified atom stereocenters. The number of aryl methyl sites for hydroxylation is 2. The highest BCUT2D eigenvalue weighted by molar-refractivity contribution is 5.92. The number of nitrogens with zero attached hydrogens (tertiary/aromatic N) is 1. The van der Waals surface area contributed by atoms with Crippen molar-refractivity contribution in [2.45, 2.75) is 58.4 Å². The van der Waals surface area contributed by atoms with Crippen molar-refractivity contribution in [3.8, 4) is 0 Å². The molecule has 6 nitrogen and oxygen atoms in total. The average molecular weight is 400 g/mol. The molecule has 2 aliphatic heterocycles. The van der Waals surface area contributed by atoms with E-state index in [9.17, 15) is 9.59 Å². The molecular weight excluding hydrogens is 366 g/mol. The number of benzene rings is 1. The van der Waals surface area contributed by atoms with Crippen molar-refractivity contribution in [1.82, 2.24) is 10.2 Å². The summed E-state index contributed by atoms with van der Waals surface area (Å²) < 4.78 is 5.59. The highest BCUT2D eigenvalue weighted by Gasteiger charge is 2.52. The molecule has 1 spiro atoms. The maximum atomic E-state index is 13.2. The Morgan fingerprint density at radius 3 is 2.41 bits per heavy atom. The van der Waals surface area contributed by atoms with Crippen LogP contribution >= 0.6 is 0 Å². The molecule has 0 aromatic heterocycles. The number of amides is 3. The van der Waals surface area contributed by atoms with Gasteiger partial charge in [0.05, 0.1) is 5.92 Å². The van der Waals surface area contributed by atoms with Crippen LogP contribution in [0.5, 0.6) is 0 Å². The molecule has 1 atom stereocenters. The predicted molar refractivity (Wildman–Crippen MR) is 113 cm³/mol. The highest BCUT2D eigenvalue weighted by Crippen LogP contribution is 2.44. The molecule has 2 N–H and O–H groups in total. The van der Waals surface area contributed by atoms with Crippen molar-refractivity contribution in [2.75, 3.05) is 31.6 Å². The van der Waals surface area contributed by atoms with Gasteiger partial charge in [-0.15, -0.1) is 0 Å². The maximum Gasteiger partial charge on any atom is 0.321 e. The Morgan fingerprint density at radius 2 is 1.76 bits per heavy atom. The summed E-state index contributed by atoms with van der Waals surface area (Å²) in [5, 5.41) is 6.38. The summed E-state index contributed by atoms with van der Waals surface area (Å²) in [7, 11) is 0. The van der Waals surface area contributed by atoms with Crippen LogP contribution in [0.3, 0.4) is 0 Å². The van der Waals surface area contributed by atoms with Crippen LogP contribution < -0.4 is 10.6 Å². The summed E-state index contributed by atoms with van der Waals surface area (Å²) in [5.74, 6) is -0.0307. The first-order valence-electron chi connectivity index (χ1n) is 11.0. The van der Waals surface area contributed by atoms with Crippen molar-refractivity contribution < 1.29 is 14.3 Å². The third-order valence-corrected chi connectivity index (χ3v) is 7.15. The van der Waals surface area contributed by atoms with E-state index in [0.717, 1.165) is 42.5 Å². The second-order valence-corrected chi connectivity index (χ2v) is 9.09. The lowest BCUT2D eigenvalue weighted by Crippen LogP contribution is -2.46. The van der Waals surface area contributed by atoms with Crippen LogP contribution in [-0.2, 0) is 9.53 Å². The first-order chi connectivity index (χ1) is 14.0. The van der Waals surface area contributed by atoms with Gasteiger partial charge in [0.1, 0.15) is 0 Å². The number of urea groups is 1. The van der Waals surface area contributed by atoms with Crippen LogP contribution in [0.25, 0.3) is 0 Å². The third kappa shape index (κ3) is 4.13. The molecule has 2 heterocycles. The van der Waals surface area contributed by atoms with Gasteiger partial charge in [0, 0.05) is 43.4 Å². The lowest BCUT2D eigenvalue weighted by Gasteiger charge is -2.37. The van der Waals surface area contributed by atoms with Crippen LogP contribution in [-0.4, -0.2) is 49.2 Å². The van der Waals surface area contributed by atoms with E-state index in [4.69, 9.17) is 4.74 Å². The van der Waals surface area contributed by atoms with E-state index in [1.165, 1.54) is 12.8 Å². The van der Waals surface area contributed by atoms with Gasteiger partial charge < -0.3 is 20.3 Å². The molecule has 4 rings (SSSR count). The second-order valence-electron chi connectivity index (χ2n) is 9.09. The SMILES string of the molecule is Cc1cccc(C)c1NC(=O)N1CC(C(=O)NC2CCCC2)C2(CCOCC2)C1. The molecule has 0 bridgehead atoms. The van der Waals surface area contributed by atoms with Crippen molar-refractivity contribution in [1.29, 1.82) is 0 Å². The molecule has 1 aromatic rings. The quantitative estimate of drug-likeness (QED) is 0.815. The topological polar surface area (TPSA) is 70.7 Å². The Morgan fingerprint density at radius 1 is 1.10 bits per heavy atom. The van der Waals surface area contributed by atoms with E-state index in [1.807, 2.05) is 36.9 Å². The largest absolute Gasteiger partial charge is 0.381 e. The molecule has 158 valence electrons. The van der Waals surface area contributed by atoms with Crippen LogP contribution in [0.4, 0.5) is 10.5 Å². The van der Waals surface area contributed by atoms with Crippen LogP contribution in [0.2, 0.25) is 0 Å². The number of hydrogen-bond acceptors (Lipinski definition) is 3. The Hall–Kier alpha value is -2.08. The van der Waals surface area contributed by atoms with Crippen molar-refractivity contribution >= 4 is 17.6 Å². The summed E-state index contributed by atoms with van der Waals surface area (Å²) in [6.45, 7) is 6.44. The molecule has 1 saturated carbocycles. The number of carbonyl (C=O) groups excluding carboxylic acids is 2. The lowest BCUT2D eigenvalue weighted by atomic mass is 9.71. The fourth-order valence-corrected chi connectivity index (χ4v) is 5.34. The van der Waals surface area contributed by atoms with E-state index in [2.05, 4.69) is 10.6 Å². The van der Waals surface area contributed by atoms with Gasteiger partial charge >= 0.3 is 6.03 Å². The smallest absolute Gasteiger partial charge is 0.321 e. The number of anilines is 1. The summed E-state index contributed by atoms with van der Waals surface area (Å²) >= 11 is 0. The molecular formula is C23H33N3O3. The molecule has 3 aliphatic rings. The number of hydrogen-bond donors (Lipinski definition) is 2. The Kier molecular flexibility index (Phi) is 5.81. The highest BCUT2D eigenvalue weighted by atomic mass is 16.5. The molecule has 3 fully saturated rings. The Bertz CT molecular complexity index is 746. The minimum atomic E-state index is -0.168. The summed E-state index contributed by atoms with van der Waals surface area (Å²) in [4.78, 5) is 28.2. The normalized spacial score (nSPS) is 24.1. The van der Waals surface area contributed by atoms with Gasteiger partial charge in [0.25, 0.3) is 0 Å². The van der Waals surface area contributed by atoms with Crippen molar-refractivity contribution in [3.05, 3.63) is 29.3 Å². The Labute approximate surface area is 173 Å². The van der Waals surface area contributed by atoms with Gasteiger partial charge in [0.2, 0.25) is 5.91 Å². The summed E-state index contributed by atoms with van der Waals surface area (Å²) in [6, 6.07) is 6.20. The zero-order chi connectivity index (χ0) is 20.4. The molecule has 0 radical (unpaired) electrons. The van der Waals surface area contributed by atoms with Crippen LogP contribution in [0.1, 0.15) is 49.7 Å². The fourth-order valence-electron chi connectivity index (χ4n) is 5.34. The van der Waals surface area contributed by atoms with E-state index >= 15 is 0 Å².